The van der Waals surface area contributed by atoms with E-state index < -0.39 is 0 Å². The van der Waals surface area contributed by atoms with Gasteiger partial charge in [0.05, 0.1) is 17.3 Å². The Hall–Kier alpha value is -3.21. The number of benzene rings is 2. The Bertz CT molecular complexity index is 1010. The third-order valence-corrected chi connectivity index (χ3v) is 4.23. The number of aryl methyl sites for hydroxylation is 1. The zero-order valence-corrected chi connectivity index (χ0v) is 14.3. The van der Waals surface area contributed by atoms with Crippen LogP contribution in [0.3, 0.4) is 0 Å². The topological polar surface area (TPSA) is 46.8 Å². The highest BCUT2D eigenvalue weighted by Crippen LogP contribution is 2.29. The molecule has 2 heterocycles. The normalized spacial score (nSPS) is 11.0. The van der Waals surface area contributed by atoms with Gasteiger partial charge in [0.1, 0.15) is 12.1 Å². The molecule has 0 spiro atoms. The van der Waals surface area contributed by atoms with E-state index in [9.17, 15) is 0 Å². The van der Waals surface area contributed by atoms with Crippen LogP contribution < -0.4 is 4.90 Å². The predicted molar refractivity (Wildman–Crippen MR) is 101 cm³/mol. The minimum Gasteiger partial charge on any atom is -0.326 e. The molecule has 5 heteroatoms. The van der Waals surface area contributed by atoms with Gasteiger partial charge in [0.15, 0.2) is 5.65 Å². The molecule has 0 N–H and O–H groups in total. The van der Waals surface area contributed by atoms with Crippen molar-refractivity contribution in [3.63, 3.8) is 0 Å². The molecule has 0 amide bonds. The Morgan fingerprint density at radius 2 is 1.84 bits per heavy atom. The predicted octanol–water partition coefficient (Wildman–Crippen LogP) is 4.28. The minimum atomic E-state index is 0.810. The van der Waals surface area contributed by atoms with Gasteiger partial charge in [-0.05, 0) is 43.7 Å². The SMILES string of the molecule is CCN(c1ccccc1)c1ncnc2c1cnn2-c1cccc(C)c1. The van der Waals surface area contributed by atoms with Crippen LogP contribution in [-0.2, 0) is 0 Å². The first-order chi connectivity index (χ1) is 12.3. The van der Waals surface area contributed by atoms with E-state index in [4.69, 9.17) is 0 Å². The Balaban J connectivity index is 1.87. The first-order valence-electron chi connectivity index (χ1n) is 8.36. The number of hydrogen-bond donors (Lipinski definition) is 0. The maximum atomic E-state index is 4.57. The maximum absolute atomic E-state index is 4.57. The Morgan fingerprint density at radius 3 is 2.60 bits per heavy atom. The molecule has 2 aromatic carbocycles. The van der Waals surface area contributed by atoms with Crippen LogP contribution in [0.1, 0.15) is 12.5 Å². The van der Waals surface area contributed by atoms with Gasteiger partial charge in [0.25, 0.3) is 0 Å². The fraction of sp³-hybridized carbons (Fsp3) is 0.150. The average Bonchev–Trinajstić information content (AvgIpc) is 3.08. The molecule has 0 unspecified atom stereocenters. The number of anilines is 2. The summed E-state index contributed by atoms with van der Waals surface area (Å²) in [6.07, 6.45) is 3.45. The molecule has 4 rings (SSSR count). The van der Waals surface area contributed by atoms with E-state index in [1.165, 1.54) is 5.56 Å². The number of nitrogens with zero attached hydrogens (tertiary/aromatic N) is 5. The summed E-state index contributed by atoms with van der Waals surface area (Å²) in [6.45, 7) is 5.00. The van der Waals surface area contributed by atoms with Crippen molar-refractivity contribution in [2.24, 2.45) is 0 Å². The molecule has 0 atom stereocenters. The zero-order chi connectivity index (χ0) is 17.2. The molecule has 0 saturated heterocycles. The standard InChI is InChI=1S/C20H19N5/c1-3-24(16-9-5-4-6-10-16)19-18-13-23-25(20(18)22-14-21-19)17-11-7-8-15(2)12-17/h4-14H,3H2,1-2H3. The van der Waals surface area contributed by atoms with E-state index >= 15 is 0 Å². The third kappa shape index (κ3) is 2.74. The highest BCUT2D eigenvalue weighted by molar-refractivity contribution is 5.89. The van der Waals surface area contributed by atoms with E-state index in [0.717, 1.165) is 34.8 Å². The molecule has 5 nitrogen and oxygen atoms in total. The van der Waals surface area contributed by atoms with Crippen LogP contribution in [0, 0.1) is 6.92 Å². The summed E-state index contributed by atoms with van der Waals surface area (Å²) < 4.78 is 1.87. The van der Waals surface area contributed by atoms with Crippen molar-refractivity contribution in [1.29, 1.82) is 0 Å². The van der Waals surface area contributed by atoms with Crippen LogP contribution in [0.2, 0.25) is 0 Å². The summed E-state index contributed by atoms with van der Waals surface area (Å²) >= 11 is 0. The molecule has 0 aliphatic rings. The van der Waals surface area contributed by atoms with E-state index in [-0.39, 0.29) is 0 Å². The summed E-state index contributed by atoms with van der Waals surface area (Å²) in [4.78, 5) is 11.2. The lowest BCUT2D eigenvalue weighted by Crippen LogP contribution is -2.17. The quantitative estimate of drug-likeness (QED) is 0.560. The molecule has 0 radical (unpaired) electrons. The summed E-state index contributed by atoms with van der Waals surface area (Å²) in [6, 6.07) is 18.5. The average molecular weight is 329 g/mol. The highest BCUT2D eigenvalue weighted by atomic mass is 15.3. The summed E-state index contributed by atoms with van der Waals surface area (Å²) in [5, 5.41) is 5.50. The Morgan fingerprint density at radius 1 is 1.00 bits per heavy atom. The molecule has 0 fully saturated rings. The second-order valence-electron chi connectivity index (χ2n) is 5.91. The van der Waals surface area contributed by atoms with E-state index in [2.05, 4.69) is 58.1 Å². The van der Waals surface area contributed by atoms with Gasteiger partial charge in [-0.2, -0.15) is 5.10 Å². The largest absolute Gasteiger partial charge is 0.326 e. The first kappa shape index (κ1) is 15.3. The second kappa shape index (κ2) is 6.36. The molecule has 25 heavy (non-hydrogen) atoms. The van der Waals surface area contributed by atoms with Gasteiger partial charge in [-0.3, -0.25) is 0 Å². The third-order valence-electron chi connectivity index (χ3n) is 4.23. The van der Waals surface area contributed by atoms with Gasteiger partial charge in [-0.25, -0.2) is 14.6 Å². The second-order valence-corrected chi connectivity index (χ2v) is 5.91. The monoisotopic (exact) mass is 329 g/mol. The smallest absolute Gasteiger partial charge is 0.168 e. The lowest BCUT2D eigenvalue weighted by atomic mass is 10.2. The van der Waals surface area contributed by atoms with Crippen LogP contribution in [0.5, 0.6) is 0 Å². The number of para-hydroxylation sites is 1. The fourth-order valence-corrected chi connectivity index (χ4v) is 3.06. The van der Waals surface area contributed by atoms with Gasteiger partial charge in [0.2, 0.25) is 0 Å². The summed E-state index contributed by atoms with van der Waals surface area (Å²) in [5.74, 6) is 0.873. The van der Waals surface area contributed by atoms with Gasteiger partial charge in [-0.1, -0.05) is 30.3 Å². The fourth-order valence-electron chi connectivity index (χ4n) is 3.06. The van der Waals surface area contributed by atoms with Gasteiger partial charge in [0, 0.05) is 12.2 Å². The number of aromatic nitrogens is 4. The molecular weight excluding hydrogens is 310 g/mol. The number of fused-ring (bicyclic) bond motifs is 1. The minimum absolute atomic E-state index is 0.810. The van der Waals surface area contributed by atoms with E-state index in [1.54, 1.807) is 6.33 Å². The first-order valence-corrected chi connectivity index (χ1v) is 8.36. The zero-order valence-electron chi connectivity index (χ0n) is 14.3. The van der Waals surface area contributed by atoms with E-state index in [0.29, 0.717) is 0 Å². The van der Waals surface area contributed by atoms with Gasteiger partial charge >= 0.3 is 0 Å². The molecule has 0 saturated carbocycles. The van der Waals surface area contributed by atoms with Crippen LogP contribution in [-0.4, -0.2) is 26.3 Å². The van der Waals surface area contributed by atoms with Crippen molar-refractivity contribution in [3.8, 4) is 5.69 Å². The number of hydrogen-bond acceptors (Lipinski definition) is 4. The molecular formula is C20H19N5. The highest BCUT2D eigenvalue weighted by Gasteiger charge is 2.16. The van der Waals surface area contributed by atoms with Gasteiger partial charge in [-0.15, -0.1) is 0 Å². The molecule has 2 aromatic heterocycles. The summed E-state index contributed by atoms with van der Waals surface area (Å²) in [7, 11) is 0. The molecule has 0 aliphatic carbocycles. The van der Waals surface area contributed by atoms with Crippen molar-refractivity contribution >= 4 is 22.5 Å². The van der Waals surface area contributed by atoms with Crippen LogP contribution in [0.15, 0.2) is 67.1 Å². The number of rotatable bonds is 4. The summed E-state index contributed by atoms with van der Waals surface area (Å²) in [5.41, 5.74) is 4.11. The molecule has 4 aromatic rings. The van der Waals surface area contributed by atoms with Crippen molar-refractivity contribution in [1.82, 2.24) is 19.7 Å². The lowest BCUT2D eigenvalue weighted by molar-refractivity contribution is 0.893. The van der Waals surface area contributed by atoms with Gasteiger partial charge < -0.3 is 4.90 Å². The molecule has 0 aliphatic heterocycles. The maximum Gasteiger partial charge on any atom is 0.168 e. The van der Waals surface area contributed by atoms with Crippen LogP contribution in [0.25, 0.3) is 16.7 Å². The lowest BCUT2D eigenvalue weighted by Gasteiger charge is -2.22. The van der Waals surface area contributed by atoms with Crippen LogP contribution in [0.4, 0.5) is 11.5 Å². The van der Waals surface area contributed by atoms with Crippen molar-refractivity contribution in [3.05, 3.63) is 72.7 Å². The van der Waals surface area contributed by atoms with Crippen molar-refractivity contribution < 1.29 is 0 Å². The molecule has 124 valence electrons. The molecule has 0 bridgehead atoms. The Labute approximate surface area is 146 Å². The Kier molecular flexibility index (Phi) is 3.90. The van der Waals surface area contributed by atoms with Crippen molar-refractivity contribution in [2.75, 3.05) is 11.4 Å². The van der Waals surface area contributed by atoms with Crippen molar-refractivity contribution in [2.45, 2.75) is 13.8 Å². The van der Waals surface area contributed by atoms with E-state index in [1.807, 2.05) is 41.2 Å². The van der Waals surface area contributed by atoms with Crippen LogP contribution >= 0.6 is 0 Å².